The van der Waals surface area contributed by atoms with Crippen LogP contribution in [0.25, 0.3) is 0 Å². The van der Waals surface area contributed by atoms with Gasteiger partial charge in [-0.3, -0.25) is 9.59 Å². The van der Waals surface area contributed by atoms with E-state index in [0.717, 1.165) is 19.3 Å². The number of amides is 1. The normalized spacial score (nSPS) is 12.9. The fraction of sp³-hybridized carbons (Fsp3) is 0.857. The molecule has 0 bridgehead atoms. The highest BCUT2D eigenvalue weighted by Crippen LogP contribution is 2.27. The van der Waals surface area contributed by atoms with Crippen molar-refractivity contribution in [3.8, 4) is 0 Å². The van der Waals surface area contributed by atoms with Gasteiger partial charge in [0.15, 0.2) is 0 Å². The predicted molar refractivity (Wildman–Crippen MR) is 72.1 cm³/mol. The molecule has 1 atom stereocenters. The van der Waals surface area contributed by atoms with E-state index in [1.54, 1.807) is 6.92 Å². The first-order chi connectivity index (χ1) is 8.34. The van der Waals surface area contributed by atoms with Crippen LogP contribution in [0.1, 0.15) is 53.9 Å². The lowest BCUT2D eigenvalue weighted by molar-refractivity contribution is -0.156. The van der Waals surface area contributed by atoms with Gasteiger partial charge in [-0.15, -0.1) is 0 Å². The molecule has 0 heterocycles. The summed E-state index contributed by atoms with van der Waals surface area (Å²) in [6.45, 7) is 10.4. The van der Waals surface area contributed by atoms with Gasteiger partial charge in [-0.1, -0.05) is 40.5 Å². The van der Waals surface area contributed by atoms with Crippen LogP contribution in [-0.2, 0) is 14.3 Å². The van der Waals surface area contributed by atoms with Gasteiger partial charge in [0, 0.05) is 6.54 Å². The molecule has 0 spiro atoms. The van der Waals surface area contributed by atoms with Crippen LogP contribution in [0.15, 0.2) is 0 Å². The van der Waals surface area contributed by atoms with E-state index in [-0.39, 0.29) is 5.91 Å². The van der Waals surface area contributed by atoms with E-state index in [0.29, 0.717) is 13.2 Å². The molecule has 0 saturated heterocycles. The number of esters is 1. The Morgan fingerprint density at radius 1 is 1.17 bits per heavy atom. The van der Waals surface area contributed by atoms with Crippen molar-refractivity contribution >= 4 is 11.9 Å². The van der Waals surface area contributed by atoms with Gasteiger partial charge >= 0.3 is 5.97 Å². The molecular formula is C14H27NO3. The van der Waals surface area contributed by atoms with E-state index in [2.05, 4.69) is 12.2 Å². The van der Waals surface area contributed by atoms with Gasteiger partial charge < -0.3 is 10.1 Å². The van der Waals surface area contributed by atoms with Crippen LogP contribution in [0.5, 0.6) is 0 Å². The Labute approximate surface area is 110 Å². The van der Waals surface area contributed by atoms with Gasteiger partial charge in [-0.2, -0.15) is 0 Å². The summed E-state index contributed by atoms with van der Waals surface area (Å²) < 4.78 is 4.98. The van der Waals surface area contributed by atoms with Crippen LogP contribution in [0.4, 0.5) is 0 Å². The highest BCUT2D eigenvalue weighted by molar-refractivity contribution is 5.98. The average Bonchev–Trinajstić information content (AvgIpc) is 2.23. The summed E-state index contributed by atoms with van der Waals surface area (Å²) >= 11 is 0. The summed E-state index contributed by atoms with van der Waals surface area (Å²) in [6, 6.07) is 0. The van der Waals surface area contributed by atoms with Gasteiger partial charge in [-0.05, 0) is 18.8 Å². The maximum absolute atomic E-state index is 12.1. The minimum Gasteiger partial charge on any atom is -0.465 e. The number of unbranched alkanes of at least 4 members (excludes halogenated alkanes) is 2. The molecule has 0 aromatic rings. The molecule has 4 heteroatoms. The van der Waals surface area contributed by atoms with Gasteiger partial charge in [0.2, 0.25) is 5.91 Å². The fourth-order valence-electron chi connectivity index (χ4n) is 1.77. The second-order valence-electron chi connectivity index (χ2n) is 5.55. The topological polar surface area (TPSA) is 55.4 Å². The van der Waals surface area contributed by atoms with Gasteiger partial charge in [0.05, 0.1) is 6.61 Å². The molecule has 0 rings (SSSR count). The number of hydrogen-bond donors (Lipinski definition) is 1. The maximum atomic E-state index is 12.1. The molecule has 4 nitrogen and oxygen atoms in total. The Morgan fingerprint density at radius 3 is 2.22 bits per heavy atom. The first kappa shape index (κ1) is 16.9. The van der Waals surface area contributed by atoms with Crippen molar-refractivity contribution in [2.75, 3.05) is 13.2 Å². The Bertz CT molecular complexity index is 269. The molecule has 0 aromatic heterocycles. The van der Waals surface area contributed by atoms with Crippen molar-refractivity contribution in [1.29, 1.82) is 0 Å². The highest BCUT2D eigenvalue weighted by atomic mass is 16.5. The van der Waals surface area contributed by atoms with E-state index < -0.39 is 17.3 Å². The Balaban J connectivity index is 4.47. The van der Waals surface area contributed by atoms with E-state index in [1.807, 2.05) is 20.8 Å². The molecule has 106 valence electrons. The highest BCUT2D eigenvalue weighted by Gasteiger charge is 2.38. The minimum atomic E-state index is -0.737. The summed E-state index contributed by atoms with van der Waals surface area (Å²) in [7, 11) is 0. The van der Waals surface area contributed by atoms with Crippen LogP contribution >= 0.6 is 0 Å². The molecule has 1 amide bonds. The molecular weight excluding hydrogens is 230 g/mol. The second kappa shape index (κ2) is 8.11. The van der Waals surface area contributed by atoms with E-state index in [9.17, 15) is 9.59 Å². The number of carbonyl (C=O) groups is 2. The Kier molecular flexibility index (Phi) is 7.64. The van der Waals surface area contributed by atoms with Crippen LogP contribution in [0.3, 0.4) is 0 Å². The van der Waals surface area contributed by atoms with Gasteiger partial charge in [0.1, 0.15) is 5.92 Å². The lowest BCUT2D eigenvalue weighted by Gasteiger charge is -2.27. The third kappa shape index (κ3) is 6.03. The van der Waals surface area contributed by atoms with E-state index in [4.69, 9.17) is 4.74 Å². The zero-order valence-electron chi connectivity index (χ0n) is 12.3. The lowest BCUT2D eigenvalue weighted by Crippen LogP contribution is -2.43. The van der Waals surface area contributed by atoms with Gasteiger partial charge in [-0.25, -0.2) is 0 Å². The second-order valence-corrected chi connectivity index (χ2v) is 5.55. The van der Waals surface area contributed by atoms with E-state index >= 15 is 0 Å². The van der Waals surface area contributed by atoms with Crippen LogP contribution in [0, 0.1) is 11.3 Å². The zero-order chi connectivity index (χ0) is 14.2. The Morgan fingerprint density at radius 2 is 1.78 bits per heavy atom. The predicted octanol–water partition coefficient (Wildman–Crippen LogP) is 2.52. The molecule has 0 fully saturated rings. The largest absolute Gasteiger partial charge is 0.465 e. The van der Waals surface area contributed by atoms with Crippen molar-refractivity contribution in [3.05, 3.63) is 0 Å². The van der Waals surface area contributed by atoms with Crippen molar-refractivity contribution in [2.24, 2.45) is 11.3 Å². The molecule has 1 unspecified atom stereocenters. The monoisotopic (exact) mass is 257 g/mol. The van der Waals surface area contributed by atoms with Crippen molar-refractivity contribution in [1.82, 2.24) is 5.32 Å². The first-order valence-electron chi connectivity index (χ1n) is 6.78. The summed E-state index contributed by atoms with van der Waals surface area (Å²) in [6.07, 6.45) is 3.14. The number of ether oxygens (including phenoxy) is 1. The molecule has 18 heavy (non-hydrogen) atoms. The molecule has 0 saturated carbocycles. The van der Waals surface area contributed by atoms with Gasteiger partial charge in [0.25, 0.3) is 0 Å². The fourth-order valence-corrected chi connectivity index (χ4v) is 1.77. The third-order valence-corrected chi connectivity index (χ3v) is 2.73. The molecule has 0 aromatic carbocycles. The molecule has 0 aliphatic carbocycles. The zero-order valence-corrected chi connectivity index (χ0v) is 12.3. The van der Waals surface area contributed by atoms with Crippen LogP contribution in [0.2, 0.25) is 0 Å². The van der Waals surface area contributed by atoms with Crippen LogP contribution in [-0.4, -0.2) is 25.0 Å². The summed E-state index contributed by atoms with van der Waals surface area (Å²) in [5, 5.41) is 2.82. The minimum absolute atomic E-state index is 0.225. The summed E-state index contributed by atoms with van der Waals surface area (Å²) in [5.41, 5.74) is -0.429. The van der Waals surface area contributed by atoms with Crippen LogP contribution < -0.4 is 5.32 Å². The molecule has 0 radical (unpaired) electrons. The van der Waals surface area contributed by atoms with Crippen molar-refractivity contribution < 1.29 is 14.3 Å². The maximum Gasteiger partial charge on any atom is 0.319 e. The number of rotatable bonds is 7. The molecule has 0 aliphatic rings. The average molecular weight is 257 g/mol. The number of carbonyl (C=O) groups excluding carboxylic acids is 2. The number of hydrogen-bond acceptors (Lipinski definition) is 3. The number of nitrogens with one attached hydrogen (secondary N) is 1. The van der Waals surface area contributed by atoms with Crippen molar-refractivity contribution in [2.45, 2.75) is 53.9 Å². The smallest absolute Gasteiger partial charge is 0.319 e. The molecule has 1 N–H and O–H groups in total. The first-order valence-corrected chi connectivity index (χ1v) is 6.78. The standard InChI is InChI=1S/C14H27NO3/c1-6-8-9-10-15-12(16)11(14(3,4)5)13(17)18-7-2/h11H,6-10H2,1-5H3,(H,15,16). The summed E-state index contributed by atoms with van der Waals surface area (Å²) in [4.78, 5) is 23.9. The molecule has 0 aliphatic heterocycles. The Hall–Kier alpha value is -1.06. The summed E-state index contributed by atoms with van der Waals surface area (Å²) in [5.74, 6) is -1.39. The third-order valence-electron chi connectivity index (χ3n) is 2.73. The van der Waals surface area contributed by atoms with Crippen molar-refractivity contribution in [3.63, 3.8) is 0 Å². The SMILES string of the molecule is CCCCCNC(=O)C(C(=O)OCC)C(C)(C)C. The van der Waals surface area contributed by atoms with E-state index in [1.165, 1.54) is 0 Å². The quantitative estimate of drug-likeness (QED) is 0.433. The lowest BCUT2D eigenvalue weighted by atomic mass is 9.80.